The summed E-state index contributed by atoms with van der Waals surface area (Å²) in [5.41, 5.74) is 0.614. The highest BCUT2D eigenvalue weighted by Crippen LogP contribution is 2.20. The molecule has 2 heterocycles. The monoisotopic (exact) mass is 301 g/mol. The van der Waals surface area contributed by atoms with E-state index in [2.05, 4.69) is 11.1 Å². The molecule has 1 atom stereocenters. The maximum atomic E-state index is 12.7. The molecule has 1 saturated heterocycles. The molecule has 0 N–H and O–H groups in total. The van der Waals surface area contributed by atoms with Gasteiger partial charge in [0, 0.05) is 6.61 Å². The first-order chi connectivity index (χ1) is 10.3. The van der Waals surface area contributed by atoms with E-state index in [1.165, 1.54) is 11.8 Å². The van der Waals surface area contributed by atoms with Crippen LogP contribution in [0.3, 0.4) is 0 Å². The second-order valence-corrected chi connectivity index (χ2v) is 5.85. The van der Waals surface area contributed by atoms with E-state index in [1.807, 2.05) is 18.2 Å². The van der Waals surface area contributed by atoms with E-state index in [9.17, 15) is 4.79 Å². The first-order valence-corrected chi connectivity index (χ1v) is 7.89. The van der Waals surface area contributed by atoms with Crippen molar-refractivity contribution in [2.24, 2.45) is 0 Å². The number of nitrogens with zero attached hydrogens (tertiary/aromatic N) is 3. The van der Waals surface area contributed by atoms with Crippen LogP contribution in [0.5, 0.6) is 0 Å². The highest BCUT2D eigenvalue weighted by Gasteiger charge is 2.20. The van der Waals surface area contributed by atoms with E-state index < -0.39 is 0 Å². The third-order valence-corrected chi connectivity index (χ3v) is 4.35. The molecule has 0 radical (unpaired) electrons. The molecular weight excluding hydrogens is 286 g/mol. The lowest BCUT2D eigenvalue weighted by Crippen LogP contribution is -2.28. The Kier molecular flexibility index (Phi) is 4.23. The number of fused-ring (bicyclic) bond motifs is 1. The fourth-order valence-electron chi connectivity index (χ4n) is 2.51. The van der Waals surface area contributed by atoms with Gasteiger partial charge in [-0.25, -0.2) is 4.98 Å². The maximum Gasteiger partial charge on any atom is 0.262 e. The van der Waals surface area contributed by atoms with Crippen LogP contribution in [0.4, 0.5) is 0 Å². The minimum absolute atomic E-state index is 0.0588. The quantitative estimate of drug-likeness (QED) is 0.639. The Balaban J connectivity index is 2.06. The molecule has 0 bridgehead atoms. The van der Waals surface area contributed by atoms with Crippen molar-refractivity contribution in [1.82, 2.24) is 9.55 Å². The smallest absolute Gasteiger partial charge is 0.262 e. The molecule has 0 aliphatic carbocycles. The van der Waals surface area contributed by atoms with Crippen LogP contribution in [0.2, 0.25) is 0 Å². The highest BCUT2D eigenvalue weighted by atomic mass is 32.2. The molecule has 6 heteroatoms. The predicted octanol–water partition coefficient (Wildman–Crippen LogP) is 2.19. The molecule has 1 aromatic carbocycles. The van der Waals surface area contributed by atoms with E-state index >= 15 is 0 Å². The van der Waals surface area contributed by atoms with Gasteiger partial charge in [0.1, 0.15) is 0 Å². The topological polar surface area (TPSA) is 67.9 Å². The predicted molar refractivity (Wildman–Crippen MR) is 81.3 cm³/mol. The summed E-state index contributed by atoms with van der Waals surface area (Å²) in [6, 6.07) is 9.39. The van der Waals surface area contributed by atoms with Crippen LogP contribution in [-0.2, 0) is 11.3 Å². The molecule has 0 amide bonds. The van der Waals surface area contributed by atoms with Crippen molar-refractivity contribution in [3.8, 4) is 6.07 Å². The zero-order chi connectivity index (χ0) is 14.7. The maximum absolute atomic E-state index is 12.7. The molecule has 21 heavy (non-hydrogen) atoms. The summed E-state index contributed by atoms with van der Waals surface area (Å²) in [7, 11) is 0. The summed E-state index contributed by atoms with van der Waals surface area (Å²) >= 11 is 1.29. The van der Waals surface area contributed by atoms with Crippen LogP contribution in [0.25, 0.3) is 10.9 Å². The Labute approximate surface area is 126 Å². The number of hydrogen-bond acceptors (Lipinski definition) is 5. The molecule has 1 fully saturated rings. The van der Waals surface area contributed by atoms with Crippen molar-refractivity contribution in [3.63, 3.8) is 0 Å². The van der Waals surface area contributed by atoms with Crippen molar-refractivity contribution in [3.05, 3.63) is 34.6 Å². The summed E-state index contributed by atoms with van der Waals surface area (Å²) in [6.45, 7) is 1.26. The van der Waals surface area contributed by atoms with Gasteiger partial charge in [-0.1, -0.05) is 23.9 Å². The number of para-hydroxylation sites is 1. The largest absolute Gasteiger partial charge is 0.376 e. The summed E-state index contributed by atoms with van der Waals surface area (Å²) in [4.78, 5) is 17.2. The van der Waals surface area contributed by atoms with Gasteiger partial charge in [0.15, 0.2) is 5.16 Å². The number of nitriles is 1. The van der Waals surface area contributed by atoms with Gasteiger partial charge in [-0.05, 0) is 25.0 Å². The third kappa shape index (κ3) is 2.94. The van der Waals surface area contributed by atoms with Crippen molar-refractivity contribution in [2.45, 2.75) is 30.6 Å². The number of ether oxygens (including phenoxy) is 1. The van der Waals surface area contributed by atoms with Gasteiger partial charge in [-0.3, -0.25) is 9.36 Å². The lowest BCUT2D eigenvalue weighted by atomic mass is 10.2. The molecular formula is C15H15N3O2S. The van der Waals surface area contributed by atoms with E-state index in [1.54, 1.807) is 10.6 Å². The lowest BCUT2D eigenvalue weighted by molar-refractivity contribution is 0.0937. The summed E-state index contributed by atoms with van der Waals surface area (Å²) < 4.78 is 7.27. The van der Waals surface area contributed by atoms with Crippen LogP contribution in [0.1, 0.15) is 12.8 Å². The standard InChI is InChI=1S/C15H15N3O2S/c16-7-9-21-15-17-13-6-2-1-5-12(13)14(19)18(15)10-11-4-3-8-20-11/h1-2,5-6,11H,3-4,8-10H2/t11-/m0/s1. The molecule has 0 saturated carbocycles. The van der Waals surface area contributed by atoms with Gasteiger partial charge in [0.25, 0.3) is 5.56 Å². The van der Waals surface area contributed by atoms with Gasteiger partial charge < -0.3 is 4.74 Å². The second kappa shape index (κ2) is 6.29. The van der Waals surface area contributed by atoms with Crippen LogP contribution in [0.15, 0.2) is 34.2 Å². The van der Waals surface area contributed by atoms with Crippen LogP contribution in [0, 0.1) is 11.3 Å². The highest BCUT2D eigenvalue weighted by molar-refractivity contribution is 7.99. The van der Waals surface area contributed by atoms with E-state index in [4.69, 9.17) is 10.00 Å². The third-order valence-electron chi connectivity index (χ3n) is 3.50. The Morgan fingerprint density at radius 1 is 1.48 bits per heavy atom. The molecule has 0 unspecified atom stereocenters. The Morgan fingerprint density at radius 3 is 3.10 bits per heavy atom. The van der Waals surface area contributed by atoms with E-state index in [-0.39, 0.29) is 17.4 Å². The van der Waals surface area contributed by atoms with Crippen LogP contribution < -0.4 is 5.56 Å². The first kappa shape index (κ1) is 14.1. The molecule has 2 aromatic rings. The summed E-state index contributed by atoms with van der Waals surface area (Å²) in [5, 5.41) is 9.98. The number of hydrogen-bond donors (Lipinski definition) is 0. The molecule has 1 aliphatic rings. The molecule has 108 valence electrons. The van der Waals surface area contributed by atoms with Crippen molar-refractivity contribution in [2.75, 3.05) is 12.4 Å². The van der Waals surface area contributed by atoms with Crippen molar-refractivity contribution < 1.29 is 4.74 Å². The number of benzene rings is 1. The Morgan fingerprint density at radius 2 is 2.33 bits per heavy atom. The van der Waals surface area contributed by atoms with Gasteiger partial charge in [0.2, 0.25) is 0 Å². The minimum Gasteiger partial charge on any atom is -0.376 e. The summed E-state index contributed by atoms with van der Waals surface area (Å²) in [6.07, 6.45) is 2.05. The van der Waals surface area contributed by atoms with Gasteiger partial charge in [-0.15, -0.1) is 0 Å². The number of thioether (sulfide) groups is 1. The second-order valence-electron chi connectivity index (χ2n) is 4.91. The molecule has 1 aromatic heterocycles. The number of rotatable bonds is 4. The zero-order valence-corrected chi connectivity index (χ0v) is 12.3. The molecule has 0 spiro atoms. The SMILES string of the molecule is N#CCSc1nc2ccccc2c(=O)n1C[C@@H]1CCCO1. The lowest BCUT2D eigenvalue weighted by Gasteiger charge is -2.15. The minimum atomic E-state index is -0.0588. The van der Waals surface area contributed by atoms with Crippen molar-refractivity contribution >= 4 is 22.7 Å². The Hall–Kier alpha value is -1.84. The fraction of sp³-hybridized carbons (Fsp3) is 0.400. The van der Waals surface area contributed by atoms with E-state index in [0.717, 1.165) is 19.4 Å². The van der Waals surface area contributed by atoms with Crippen molar-refractivity contribution in [1.29, 1.82) is 5.26 Å². The zero-order valence-electron chi connectivity index (χ0n) is 11.5. The van der Waals surface area contributed by atoms with Crippen LogP contribution in [-0.4, -0.2) is 28.0 Å². The normalized spacial score (nSPS) is 18.0. The molecule has 1 aliphatic heterocycles. The summed E-state index contributed by atoms with van der Waals surface area (Å²) in [5.74, 6) is 0.274. The molecule has 5 nitrogen and oxygen atoms in total. The average Bonchev–Trinajstić information content (AvgIpc) is 3.01. The molecule has 3 rings (SSSR count). The van der Waals surface area contributed by atoms with Gasteiger partial charge >= 0.3 is 0 Å². The first-order valence-electron chi connectivity index (χ1n) is 6.90. The number of aromatic nitrogens is 2. The van der Waals surface area contributed by atoms with Gasteiger partial charge in [0.05, 0.1) is 35.4 Å². The Bertz CT molecular complexity index is 745. The van der Waals surface area contributed by atoms with Crippen LogP contribution >= 0.6 is 11.8 Å². The van der Waals surface area contributed by atoms with Gasteiger partial charge in [-0.2, -0.15) is 5.26 Å². The fourth-order valence-corrected chi connectivity index (χ4v) is 3.18. The average molecular weight is 301 g/mol. The van der Waals surface area contributed by atoms with E-state index in [0.29, 0.717) is 22.6 Å².